The van der Waals surface area contributed by atoms with E-state index in [1.165, 1.54) is 23.0 Å². The van der Waals surface area contributed by atoms with Gasteiger partial charge < -0.3 is 9.80 Å². The summed E-state index contributed by atoms with van der Waals surface area (Å²) in [5, 5.41) is 0.172. The zero-order valence-corrected chi connectivity index (χ0v) is 14.6. The number of pyridine rings is 1. The molecule has 0 bridgehead atoms. The van der Waals surface area contributed by atoms with Crippen LogP contribution in [0, 0.1) is 5.82 Å². The van der Waals surface area contributed by atoms with Crippen molar-refractivity contribution in [2.45, 2.75) is 6.54 Å². The molecule has 1 amide bonds. The number of anilines is 1. The highest BCUT2D eigenvalue weighted by Crippen LogP contribution is 2.13. The second-order valence-electron chi connectivity index (χ2n) is 6.39. The van der Waals surface area contributed by atoms with E-state index in [0.29, 0.717) is 31.7 Å². The van der Waals surface area contributed by atoms with Crippen LogP contribution in [0.2, 0.25) is 0 Å². The number of piperazine rings is 1. The minimum Gasteiger partial charge on any atom is -0.353 e. The van der Waals surface area contributed by atoms with E-state index in [1.807, 2.05) is 18.2 Å². The number of hydrogen-bond donors (Lipinski definition) is 0. The monoisotopic (exact) mass is 367 g/mol. The van der Waals surface area contributed by atoms with Crippen molar-refractivity contribution in [1.82, 2.24) is 19.4 Å². The summed E-state index contributed by atoms with van der Waals surface area (Å²) in [6.45, 7) is 2.36. The average molecular weight is 367 g/mol. The summed E-state index contributed by atoms with van der Waals surface area (Å²) < 4.78 is 14.6. The van der Waals surface area contributed by atoms with Crippen LogP contribution in [0.15, 0.2) is 53.7 Å². The number of benzene rings is 1. The van der Waals surface area contributed by atoms with Crippen LogP contribution in [0.1, 0.15) is 0 Å². The Kier molecular flexibility index (Phi) is 4.53. The molecule has 1 fully saturated rings. The maximum atomic E-state index is 13.4. The molecule has 0 radical (unpaired) electrons. The summed E-state index contributed by atoms with van der Waals surface area (Å²) >= 11 is 0. The Morgan fingerprint density at radius 3 is 2.63 bits per heavy atom. The maximum absolute atomic E-state index is 13.4. The Balaban J connectivity index is 1.45. The van der Waals surface area contributed by atoms with Crippen molar-refractivity contribution in [3.63, 3.8) is 0 Å². The molecule has 0 aliphatic carbocycles. The van der Waals surface area contributed by atoms with Crippen molar-refractivity contribution < 1.29 is 9.18 Å². The molecule has 7 nitrogen and oxygen atoms in total. The van der Waals surface area contributed by atoms with Gasteiger partial charge in [-0.15, -0.1) is 0 Å². The lowest BCUT2D eigenvalue weighted by Gasteiger charge is -2.35. The molecule has 138 valence electrons. The third-order valence-corrected chi connectivity index (χ3v) is 4.70. The van der Waals surface area contributed by atoms with Crippen molar-refractivity contribution in [2.24, 2.45) is 0 Å². The van der Waals surface area contributed by atoms with Gasteiger partial charge >= 0.3 is 0 Å². The molecule has 1 aliphatic heterocycles. The van der Waals surface area contributed by atoms with Gasteiger partial charge in [-0.3, -0.25) is 14.2 Å². The molecule has 0 saturated carbocycles. The van der Waals surface area contributed by atoms with Crippen LogP contribution < -0.4 is 10.5 Å². The van der Waals surface area contributed by atoms with E-state index in [4.69, 9.17) is 0 Å². The second kappa shape index (κ2) is 7.14. The highest BCUT2D eigenvalue weighted by atomic mass is 19.1. The lowest BCUT2D eigenvalue weighted by molar-refractivity contribution is -0.132. The molecule has 0 N–H and O–H groups in total. The molecule has 0 atom stereocenters. The topological polar surface area (TPSA) is 71.3 Å². The van der Waals surface area contributed by atoms with E-state index in [0.717, 1.165) is 11.9 Å². The summed E-state index contributed by atoms with van der Waals surface area (Å²) in [4.78, 5) is 37.4. The van der Waals surface area contributed by atoms with Crippen LogP contribution in [0.3, 0.4) is 0 Å². The highest BCUT2D eigenvalue weighted by Gasteiger charge is 2.22. The Morgan fingerprint density at radius 2 is 1.89 bits per heavy atom. The van der Waals surface area contributed by atoms with Crippen LogP contribution in [0.4, 0.5) is 10.2 Å². The van der Waals surface area contributed by atoms with E-state index in [-0.39, 0.29) is 17.8 Å². The van der Waals surface area contributed by atoms with Crippen LogP contribution in [0.5, 0.6) is 0 Å². The third kappa shape index (κ3) is 3.51. The lowest BCUT2D eigenvalue weighted by Crippen LogP contribution is -2.50. The Morgan fingerprint density at radius 1 is 1.07 bits per heavy atom. The van der Waals surface area contributed by atoms with Crippen molar-refractivity contribution in [3.05, 3.63) is 65.1 Å². The Labute approximate surface area is 154 Å². The minimum absolute atomic E-state index is 0.109. The van der Waals surface area contributed by atoms with Gasteiger partial charge in [0.05, 0.1) is 17.2 Å². The molecule has 1 aromatic carbocycles. The molecule has 27 heavy (non-hydrogen) atoms. The molecule has 8 heteroatoms. The maximum Gasteiger partial charge on any atom is 0.261 e. The predicted octanol–water partition coefficient (Wildman–Crippen LogP) is 1.28. The van der Waals surface area contributed by atoms with Gasteiger partial charge in [-0.2, -0.15) is 0 Å². The smallest absolute Gasteiger partial charge is 0.261 e. The zero-order valence-electron chi connectivity index (χ0n) is 14.6. The fourth-order valence-corrected chi connectivity index (χ4v) is 3.22. The molecule has 1 aliphatic rings. The molecule has 4 rings (SSSR count). The number of amides is 1. The Hall–Kier alpha value is -3.29. The number of carbonyl (C=O) groups excluding carboxylic acids is 1. The van der Waals surface area contributed by atoms with Gasteiger partial charge in [0.15, 0.2) is 0 Å². The number of rotatable bonds is 3. The van der Waals surface area contributed by atoms with Gasteiger partial charge in [0.25, 0.3) is 5.56 Å². The first-order valence-corrected chi connectivity index (χ1v) is 8.70. The summed E-state index contributed by atoms with van der Waals surface area (Å²) in [7, 11) is 0. The number of fused-ring (bicyclic) bond motifs is 1. The van der Waals surface area contributed by atoms with E-state index >= 15 is 0 Å². The normalized spacial score (nSPS) is 14.6. The van der Waals surface area contributed by atoms with Gasteiger partial charge in [0, 0.05) is 32.4 Å². The Bertz CT molecular complexity index is 1030. The molecular weight excluding hydrogens is 349 g/mol. The molecule has 3 aromatic rings. The van der Waals surface area contributed by atoms with E-state index < -0.39 is 11.4 Å². The van der Waals surface area contributed by atoms with Crippen LogP contribution in [-0.2, 0) is 11.3 Å². The molecule has 2 aromatic heterocycles. The summed E-state index contributed by atoms with van der Waals surface area (Å²) in [6.07, 6.45) is 3.08. The van der Waals surface area contributed by atoms with Gasteiger partial charge in [-0.1, -0.05) is 6.07 Å². The number of carbonyl (C=O) groups is 1. The van der Waals surface area contributed by atoms with Crippen molar-refractivity contribution in [3.8, 4) is 0 Å². The van der Waals surface area contributed by atoms with E-state index in [9.17, 15) is 14.0 Å². The first kappa shape index (κ1) is 17.1. The number of hydrogen-bond acceptors (Lipinski definition) is 5. The molecule has 1 saturated heterocycles. The second-order valence-corrected chi connectivity index (χ2v) is 6.39. The number of aromatic nitrogens is 3. The van der Waals surface area contributed by atoms with Crippen LogP contribution in [0.25, 0.3) is 10.9 Å². The van der Waals surface area contributed by atoms with Gasteiger partial charge in [0.2, 0.25) is 5.91 Å². The summed E-state index contributed by atoms with van der Waals surface area (Å²) in [6, 6.07) is 9.60. The zero-order chi connectivity index (χ0) is 18.8. The van der Waals surface area contributed by atoms with Crippen LogP contribution in [-0.4, -0.2) is 51.5 Å². The predicted molar refractivity (Wildman–Crippen MR) is 99.0 cm³/mol. The minimum atomic E-state index is -0.504. The molecule has 0 spiro atoms. The van der Waals surface area contributed by atoms with Crippen molar-refractivity contribution in [2.75, 3.05) is 31.1 Å². The fourth-order valence-electron chi connectivity index (χ4n) is 3.22. The van der Waals surface area contributed by atoms with Crippen LogP contribution >= 0.6 is 0 Å². The molecule has 0 unspecified atom stereocenters. The molecular formula is C19H18FN5O2. The van der Waals surface area contributed by atoms with Crippen molar-refractivity contribution in [1.29, 1.82) is 0 Å². The average Bonchev–Trinajstić information content (AvgIpc) is 2.71. The van der Waals surface area contributed by atoms with Crippen molar-refractivity contribution >= 4 is 22.6 Å². The quantitative estimate of drug-likeness (QED) is 0.697. The first-order chi connectivity index (χ1) is 13.1. The lowest BCUT2D eigenvalue weighted by atomic mass is 10.2. The number of halogens is 1. The van der Waals surface area contributed by atoms with Gasteiger partial charge in [-0.05, 0) is 30.3 Å². The fraction of sp³-hybridized carbons (Fsp3) is 0.263. The largest absolute Gasteiger partial charge is 0.353 e. The summed E-state index contributed by atoms with van der Waals surface area (Å²) in [5.41, 5.74) is -0.00551. The van der Waals surface area contributed by atoms with E-state index in [2.05, 4.69) is 14.9 Å². The standard InChI is InChI=1S/C19H18FN5O2/c20-14-4-5-16-15(11-14)19(27)25(13-22-16)12-18(26)24-9-7-23(8-10-24)17-3-1-2-6-21-17/h1-6,11,13H,7-10,12H2. The SMILES string of the molecule is O=C(Cn1cnc2ccc(F)cc2c1=O)N1CCN(c2ccccn2)CC1. The summed E-state index contributed by atoms with van der Waals surface area (Å²) in [5.74, 6) is 0.230. The van der Waals surface area contributed by atoms with Gasteiger partial charge in [0.1, 0.15) is 18.2 Å². The number of nitrogens with zero attached hydrogens (tertiary/aromatic N) is 5. The third-order valence-electron chi connectivity index (χ3n) is 4.70. The van der Waals surface area contributed by atoms with E-state index in [1.54, 1.807) is 11.1 Å². The highest BCUT2D eigenvalue weighted by molar-refractivity contribution is 5.79. The molecule has 3 heterocycles. The first-order valence-electron chi connectivity index (χ1n) is 8.70. The van der Waals surface area contributed by atoms with Gasteiger partial charge in [-0.25, -0.2) is 14.4 Å².